The van der Waals surface area contributed by atoms with E-state index in [0.717, 1.165) is 33.7 Å². The van der Waals surface area contributed by atoms with E-state index < -0.39 is 11.7 Å². The van der Waals surface area contributed by atoms with E-state index in [1.807, 2.05) is 44.2 Å². The Morgan fingerprint density at radius 1 is 1.05 bits per heavy atom. The van der Waals surface area contributed by atoms with Crippen molar-refractivity contribution in [3.05, 3.63) is 111 Å². The molecule has 0 amide bonds. The van der Waals surface area contributed by atoms with E-state index in [0.29, 0.717) is 42.9 Å². The Balaban J connectivity index is 1.60. The molecular formula is C32H30FN3O3. The first-order chi connectivity index (χ1) is 18.8. The molecule has 1 unspecified atom stereocenters. The van der Waals surface area contributed by atoms with Crippen LogP contribution in [0.1, 0.15) is 47.4 Å². The molecule has 1 aliphatic carbocycles. The van der Waals surface area contributed by atoms with Crippen molar-refractivity contribution in [3.8, 4) is 17.6 Å². The van der Waals surface area contributed by atoms with Gasteiger partial charge in [0.2, 0.25) is 0 Å². The summed E-state index contributed by atoms with van der Waals surface area (Å²) in [6.45, 7) is 4.31. The summed E-state index contributed by atoms with van der Waals surface area (Å²) in [5, 5.41) is 10.3. The van der Waals surface area contributed by atoms with Crippen LogP contribution in [0.2, 0.25) is 0 Å². The van der Waals surface area contributed by atoms with Crippen molar-refractivity contribution in [3.63, 3.8) is 0 Å². The molecule has 1 aliphatic heterocycles. The van der Waals surface area contributed by atoms with Crippen LogP contribution in [0.25, 0.3) is 0 Å². The van der Waals surface area contributed by atoms with Crippen LogP contribution in [0.3, 0.4) is 0 Å². The first-order valence-electron chi connectivity index (χ1n) is 12.9. The molecule has 0 saturated carbocycles. The molecule has 7 heteroatoms. The Morgan fingerprint density at radius 3 is 2.49 bits per heavy atom. The summed E-state index contributed by atoms with van der Waals surface area (Å²) in [6, 6.07) is 19.8. The van der Waals surface area contributed by atoms with Gasteiger partial charge >= 0.3 is 0 Å². The van der Waals surface area contributed by atoms with Gasteiger partial charge in [0.05, 0.1) is 30.4 Å². The molecule has 2 aliphatic rings. The van der Waals surface area contributed by atoms with Crippen LogP contribution in [-0.4, -0.2) is 12.9 Å². The highest BCUT2D eigenvalue weighted by molar-refractivity contribution is 6.01. The van der Waals surface area contributed by atoms with Crippen molar-refractivity contribution in [2.45, 2.75) is 45.6 Å². The Kier molecular flexibility index (Phi) is 7.12. The zero-order valence-electron chi connectivity index (χ0n) is 22.3. The van der Waals surface area contributed by atoms with Crippen molar-refractivity contribution in [1.29, 1.82) is 5.26 Å². The summed E-state index contributed by atoms with van der Waals surface area (Å²) < 4.78 is 25.5. The van der Waals surface area contributed by atoms with Crippen molar-refractivity contribution >= 4 is 11.5 Å². The molecule has 0 radical (unpaired) electrons. The van der Waals surface area contributed by atoms with Gasteiger partial charge in [0, 0.05) is 17.7 Å². The average Bonchev–Trinajstić information content (AvgIpc) is 2.92. The first-order valence-corrected chi connectivity index (χ1v) is 12.9. The second-order valence-electron chi connectivity index (χ2n) is 9.90. The van der Waals surface area contributed by atoms with Crippen LogP contribution >= 0.6 is 0 Å². The van der Waals surface area contributed by atoms with Crippen molar-refractivity contribution < 1.29 is 18.7 Å². The third-order valence-electron chi connectivity index (χ3n) is 7.47. The van der Waals surface area contributed by atoms with E-state index in [1.165, 1.54) is 12.1 Å². The van der Waals surface area contributed by atoms with Crippen LogP contribution in [0.5, 0.6) is 11.5 Å². The number of allylic oxidation sites excluding steroid dienone is 3. The summed E-state index contributed by atoms with van der Waals surface area (Å²) >= 11 is 0. The van der Waals surface area contributed by atoms with Gasteiger partial charge in [0.1, 0.15) is 29.7 Å². The van der Waals surface area contributed by atoms with Crippen LogP contribution in [0.15, 0.2) is 83.3 Å². The largest absolute Gasteiger partial charge is 0.497 e. The molecule has 0 spiro atoms. The highest BCUT2D eigenvalue weighted by Crippen LogP contribution is 2.47. The van der Waals surface area contributed by atoms with Gasteiger partial charge in [-0.3, -0.25) is 9.69 Å². The lowest BCUT2D eigenvalue weighted by atomic mass is 9.74. The summed E-state index contributed by atoms with van der Waals surface area (Å²) in [6.07, 6.45) is 1.66. The number of halogens is 1. The minimum absolute atomic E-state index is 0.0149. The molecule has 1 atom stereocenters. The number of carbonyl (C=O) groups is 1. The van der Waals surface area contributed by atoms with Gasteiger partial charge in [-0.2, -0.15) is 5.26 Å². The number of anilines is 1. The van der Waals surface area contributed by atoms with Crippen LogP contribution in [-0.2, 0) is 11.4 Å². The molecule has 6 nitrogen and oxygen atoms in total. The highest BCUT2D eigenvalue weighted by Gasteiger charge is 2.41. The SMILES string of the molecule is COc1ccc(OCc2cc(C3C(C#N)=C(N)N(c4cccc(F)c4)C4=C3C(=O)CCC4)c(C)cc2C)cc1. The fourth-order valence-corrected chi connectivity index (χ4v) is 5.52. The minimum atomic E-state index is -0.608. The molecule has 0 fully saturated rings. The number of Topliss-reactive ketones (excluding diaryl/α,β-unsaturated/α-hetero) is 1. The zero-order valence-corrected chi connectivity index (χ0v) is 22.3. The number of ether oxygens (including phenoxy) is 2. The maximum atomic E-state index is 14.2. The molecule has 5 rings (SSSR count). The summed E-state index contributed by atoms with van der Waals surface area (Å²) in [4.78, 5) is 15.2. The van der Waals surface area contributed by atoms with Gasteiger partial charge in [-0.15, -0.1) is 0 Å². The second kappa shape index (κ2) is 10.7. The highest BCUT2D eigenvalue weighted by atomic mass is 19.1. The lowest BCUT2D eigenvalue weighted by Crippen LogP contribution is -2.39. The lowest BCUT2D eigenvalue weighted by Gasteiger charge is -2.40. The Morgan fingerprint density at radius 2 is 1.79 bits per heavy atom. The maximum Gasteiger partial charge on any atom is 0.161 e. The minimum Gasteiger partial charge on any atom is -0.497 e. The molecule has 3 aromatic rings. The predicted molar refractivity (Wildman–Crippen MR) is 148 cm³/mol. The molecule has 0 bridgehead atoms. The molecule has 2 N–H and O–H groups in total. The Bertz CT molecular complexity index is 1550. The fourth-order valence-electron chi connectivity index (χ4n) is 5.52. The molecule has 0 aromatic heterocycles. The zero-order chi connectivity index (χ0) is 27.7. The summed E-state index contributed by atoms with van der Waals surface area (Å²) in [5.74, 6) is 0.630. The number of nitrogens with two attached hydrogens (primary N) is 1. The number of benzene rings is 3. The van der Waals surface area contributed by atoms with E-state index in [4.69, 9.17) is 15.2 Å². The van der Waals surface area contributed by atoms with Crippen LogP contribution in [0, 0.1) is 31.0 Å². The van der Waals surface area contributed by atoms with E-state index in [-0.39, 0.29) is 17.2 Å². The molecule has 39 heavy (non-hydrogen) atoms. The number of methoxy groups -OCH3 is 1. The van der Waals surface area contributed by atoms with Gasteiger partial charge in [0.15, 0.2) is 5.78 Å². The van der Waals surface area contributed by atoms with E-state index in [9.17, 15) is 14.4 Å². The van der Waals surface area contributed by atoms with Crippen LogP contribution < -0.4 is 20.1 Å². The van der Waals surface area contributed by atoms with Gasteiger partial charge in [0.25, 0.3) is 0 Å². The molecule has 3 aromatic carbocycles. The van der Waals surface area contributed by atoms with E-state index in [1.54, 1.807) is 24.1 Å². The van der Waals surface area contributed by atoms with Gasteiger partial charge < -0.3 is 15.2 Å². The van der Waals surface area contributed by atoms with Gasteiger partial charge in [-0.05, 0) is 91.4 Å². The summed E-state index contributed by atoms with van der Waals surface area (Å²) in [5.41, 5.74) is 12.5. The Labute approximate surface area is 227 Å². The molecular weight excluding hydrogens is 493 g/mol. The lowest BCUT2D eigenvalue weighted by molar-refractivity contribution is -0.116. The number of hydrogen-bond donors (Lipinski definition) is 1. The normalized spacial score (nSPS) is 17.2. The average molecular weight is 524 g/mol. The predicted octanol–water partition coefficient (Wildman–Crippen LogP) is 6.33. The smallest absolute Gasteiger partial charge is 0.161 e. The molecule has 0 saturated heterocycles. The first kappa shape index (κ1) is 26.1. The van der Waals surface area contributed by atoms with Crippen molar-refractivity contribution in [2.24, 2.45) is 5.73 Å². The van der Waals surface area contributed by atoms with E-state index in [2.05, 4.69) is 12.1 Å². The maximum absolute atomic E-state index is 14.2. The van der Waals surface area contributed by atoms with E-state index >= 15 is 0 Å². The fraction of sp³-hybridized carbons (Fsp3) is 0.250. The van der Waals surface area contributed by atoms with Crippen molar-refractivity contribution in [2.75, 3.05) is 12.0 Å². The standard InChI is InChI=1S/C32H30FN3O3/c1-19-14-20(2)26(15-21(19)18-39-25-12-10-24(38-3)11-13-25)30-27(17-34)32(35)36(23-7-4-6-22(33)16-23)28-8-5-9-29(37)31(28)30/h4,6-7,10-16,30H,5,8-9,18,35H2,1-3H3. The molecule has 1 heterocycles. The quantitative estimate of drug-likeness (QED) is 0.406. The number of carbonyl (C=O) groups excluding carboxylic acids is 1. The number of rotatable bonds is 6. The van der Waals surface area contributed by atoms with Gasteiger partial charge in [-0.1, -0.05) is 18.2 Å². The number of ketones is 1. The number of aryl methyl sites for hydroxylation is 2. The Hall–Kier alpha value is -4.57. The monoisotopic (exact) mass is 523 g/mol. The van der Waals surface area contributed by atoms with Crippen LogP contribution in [0.4, 0.5) is 10.1 Å². The molecule has 198 valence electrons. The van der Waals surface area contributed by atoms with Gasteiger partial charge in [-0.25, -0.2) is 4.39 Å². The third-order valence-corrected chi connectivity index (χ3v) is 7.47. The summed E-state index contributed by atoms with van der Waals surface area (Å²) in [7, 11) is 1.62. The number of hydrogen-bond acceptors (Lipinski definition) is 6. The third kappa shape index (κ3) is 4.86. The number of nitriles is 1. The second-order valence-corrected chi connectivity index (χ2v) is 9.90. The van der Waals surface area contributed by atoms with Crippen molar-refractivity contribution in [1.82, 2.24) is 0 Å². The topological polar surface area (TPSA) is 88.6 Å². The number of nitrogens with zero attached hydrogens (tertiary/aromatic N) is 2.